The highest BCUT2D eigenvalue weighted by atomic mass is 79.9. The quantitative estimate of drug-likeness (QED) is 0.616. The van der Waals surface area contributed by atoms with Crippen LogP contribution in [0.5, 0.6) is 0 Å². The Hall–Kier alpha value is -1.99. The number of Topliss-reactive ketones (excluding diaryl/α,β-unsaturated/α-hetero) is 1. The van der Waals surface area contributed by atoms with E-state index in [2.05, 4.69) is 21.2 Å². The molecule has 7 heteroatoms. The highest BCUT2D eigenvalue weighted by Crippen LogP contribution is 2.10. The molecule has 0 bridgehead atoms. The molecule has 0 aliphatic carbocycles. The van der Waals surface area contributed by atoms with Crippen LogP contribution in [0.4, 0.5) is 0 Å². The van der Waals surface area contributed by atoms with Gasteiger partial charge in [-0.3, -0.25) is 14.4 Å². The zero-order valence-electron chi connectivity index (χ0n) is 11.4. The van der Waals surface area contributed by atoms with Crippen LogP contribution in [-0.2, 0) is 9.53 Å². The first-order chi connectivity index (χ1) is 10.6. The Balaban J connectivity index is 1.74. The third-order valence-corrected chi connectivity index (χ3v) is 4.10. The van der Waals surface area contributed by atoms with Gasteiger partial charge in [0.25, 0.3) is 5.91 Å². The summed E-state index contributed by atoms with van der Waals surface area (Å²) in [6, 6.07) is 10.1. The number of carbonyl (C=O) groups is 3. The highest BCUT2D eigenvalue weighted by molar-refractivity contribution is 9.10. The van der Waals surface area contributed by atoms with Gasteiger partial charge >= 0.3 is 5.97 Å². The molecular formula is C15H12BrNO4S. The molecule has 0 radical (unpaired) electrons. The van der Waals surface area contributed by atoms with E-state index in [1.165, 1.54) is 11.3 Å². The maximum atomic E-state index is 11.8. The summed E-state index contributed by atoms with van der Waals surface area (Å²) in [5, 5.41) is 4.21. The molecule has 0 unspecified atom stereocenters. The van der Waals surface area contributed by atoms with Crippen molar-refractivity contribution in [3.63, 3.8) is 0 Å². The fraction of sp³-hybridized carbons (Fsp3) is 0.133. The molecule has 0 saturated carbocycles. The number of hydrogen-bond acceptors (Lipinski definition) is 5. The molecule has 0 fully saturated rings. The predicted octanol–water partition coefficient (Wildman–Crippen LogP) is 2.67. The van der Waals surface area contributed by atoms with Gasteiger partial charge in [0.2, 0.25) is 5.78 Å². The number of ketones is 1. The Morgan fingerprint density at radius 3 is 2.50 bits per heavy atom. The monoisotopic (exact) mass is 381 g/mol. The average Bonchev–Trinajstić information content (AvgIpc) is 3.05. The lowest BCUT2D eigenvalue weighted by atomic mass is 10.2. The number of nitrogens with one attached hydrogen (secondary N) is 1. The van der Waals surface area contributed by atoms with Gasteiger partial charge in [-0.25, -0.2) is 0 Å². The first-order valence-electron chi connectivity index (χ1n) is 6.32. The molecule has 114 valence electrons. The summed E-state index contributed by atoms with van der Waals surface area (Å²) < 4.78 is 5.69. The first-order valence-corrected chi connectivity index (χ1v) is 7.99. The fourth-order valence-electron chi connectivity index (χ4n) is 1.56. The number of esters is 1. The van der Waals surface area contributed by atoms with Crippen LogP contribution in [0.25, 0.3) is 0 Å². The van der Waals surface area contributed by atoms with Crippen LogP contribution >= 0.6 is 27.3 Å². The van der Waals surface area contributed by atoms with Crippen LogP contribution in [0.3, 0.4) is 0 Å². The van der Waals surface area contributed by atoms with E-state index >= 15 is 0 Å². The molecule has 0 spiro atoms. The molecule has 5 nitrogen and oxygen atoms in total. The molecule has 2 aromatic rings. The molecule has 1 amide bonds. The third kappa shape index (κ3) is 4.78. The third-order valence-electron chi connectivity index (χ3n) is 2.66. The van der Waals surface area contributed by atoms with Gasteiger partial charge in [-0.2, -0.15) is 0 Å². The molecule has 0 aliphatic heterocycles. The van der Waals surface area contributed by atoms with Crippen LogP contribution in [-0.4, -0.2) is 30.8 Å². The minimum atomic E-state index is -0.657. The van der Waals surface area contributed by atoms with Crippen molar-refractivity contribution in [2.24, 2.45) is 0 Å². The van der Waals surface area contributed by atoms with Crippen LogP contribution in [0.1, 0.15) is 20.0 Å². The molecule has 1 aromatic heterocycles. The molecule has 0 aliphatic rings. The van der Waals surface area contributed by atoms with Crippen molar-refractivity contribution in [2.45, 2.75) is 0 Å². The summed E-state index contributed by atoms with van der Waals surface area (Å²) in [6.45, 7) is -0.611. The number of ether oxygens (including phenoxy) is 1. The van der Waals surface area contributed by atoms with Crippen molar-refractivity contribution in [1.82, 2.24) is 5.32 Å². The maximum Gasteiger partial charge on any atom is 0.325 e. The van der Waals surface area contributed by atoms with Gasteiger partial charge in [-0.05, 0) is 35.7 Å². The van der Waals surface area contributed by atoms with Gasteiger partial charge in [-0.1, -0.05) is 22.0 Å². The molecule has 0 atom stereocenters. The summed E-state index contributed by atoms with van der Waals surface area (Å²) in [6.07, 6.45) is 0. The molecule has 2 rings (SSSR count). The second kappa shape index (κ2) is 7.86. The number of thiophene rings is 1. The van der Waals surface area contributed by atoms with E-state index in [0.29, 0.717) is 10.4 Å². The summed E-state index contributed by atoms with van der Waals surface area (Å²) in [7, 11) is 0. The van der Waals surface area contributed by atoms with Gasteiger partial charge in [0.15, 0.2) is 6.61 Å². The van der Waals surface area contributed by atoms with E-state index in [1.807, 2.05) is 0 Å². The zero-order valence-corrected chi connectivity index (χ0v) is 13.8. The van der Waals surface area contributed by atoms with Crippen LogP contribution in [0.15, 0.2) is 46.3 Å². The van der Waals surface area contributed by atoms with Crippen LogP contribution in [0.2, 0.25) is 0 Å². The average molecular weight is 382 g/mol. The van der Waals surface area contributed by atoms with Crippen molar-refractivity contribution >= 4 is 44.9 Å². The smallest absolute Gasteiger partial charge is 0.325 e. The van der Waals surface area contributed by atoms with Crippen LogP contribution in [0, 0.1) is 0 Å². The number of amides is 1. The Morgan fingerprint density at radius 1 is 1.14 bits per heavy atom. The summed E-state index contributed by atoms with van der Waals surface area (Å²) >= 11 is 4.56. The molecular weight excluding hydrogens is 370 g/mol. The molecule has 0 saturated heterocycles. The molecule has 1 heterocycles. The summed E-state index contributed by atoms with van der Waals surface area (Å²) in [4.78, 5) is 35.5. The van der Waals surface area contributed by atoms with Crippen LogP contribution < -0.4 is 5.32 Å². The van der Waals surface area contributed by atoms with Crippen molar-refractivity contribution < 1.29 is 19.1 Å². The SMILES string of the molecule is O=C(CNC(=O)c1ccc(Br)cc1)OCC(=O)c1cccs1. The minimum Gasteiger partial charge on any atom is -0.456 e. The van der Waals surface area contributed by atoms with E-state index < -0.39 is 5.97 Å². The van der Waals surface area contributed by atoms with E-state index in [0.717, 1.165) is 4.47 Å². The Morgan fingerprint density at radius 2 is 1.86 bits per heavy atom. The number of benzene rings is 1. The lowest BCUT2D eigenvalue weighted by molar-refractivity contribution is -0.141. The molecule has 22 heavy (non-hydrogen) atoms. The van der Waals surface area contributed by atoms with Crippen molar-refractivity contribution in [3.05, 3.63) is 56.7 Å². The topological polar surface area (TPSA) is 72.5 Å². The summed E-state index contributed by atoms with van der Waals surface area (Å²) in [5.74, 6) is -1.30. The summed E-state index contributed by atoms with van der Waals surface area (Å²) in [5.41, 5.74) is 0.436. The Bertz CT molecular complexity index is 667. The Kier molecular flexibility index (Phi) is 5.85. The zero-order chi connectivity index (χ0) is 15.9. The second-order valence-corrected chi connectivity index (χ2v) is 6.11. The van der Waals surface area contributed by atoms with Gasteiger partial charge in [0.1, 0.15) is 6.54 Å². The first kappa shape index (κ1) is 16.4. The van der Waals surface area contributed by atoms with Gasteiger partial charge in [-0.15, -0.1) is 11.3 Å². The van der Waals surface area contributed by atoms with Crippen molar-refractivity contribution in [2.75, 3.05) is 13.2 Å². The number of carbonyl (C=O) groups excluding carboxylic acids is 3. The van der Waals surface area contributed by atoms with E-state index in [9.17, 15) is 14.4 Å². The lowest BCUT2D eigenvalue weighted by Crippen LogP contribution is -2.31. The largest absolute Gasteiger partial charge is 0.456 e. The van der Waals surface area contributed by atoms with Gasteiger partial charge < -0.3 is 10.1 Å². The van der Waals surface area contributed by atoms with E-state index in [1.54, 1.807) is 41.8 Å². The Labute approximate surface area is 139 Å². The second-order valence-electron chi connectivity index (χ2n) is 4.25. The predicted molar refractivity (Wildman–Crippen MR) is 86.1 cm³/mol. The van der Waals surface area contributed by atoms with Gasteiger partial charge in [0, 0.05) is 10.0 Å². The fourth-order valence-corrected chi connectivity index (χ4v) is 2.48. The number of hydrogen-bond donors (Lipinski definition) is 1. The minimum absolute atomic E-state index is 0.261. The van der Waals surface area contributed by atoms with Crippen molar-refractivity contribution in [1.29, 1.82) is 0 Å². The molecule has 1 N–H and O–H groups in total. The van der Waals surface area contributed by atoms with Crippen molar-refractivity contribution in [3.8, 4) is 0 Å². The normalized spacial score (nSPS) is 10.0. The number of rotatable bonds is 6. The number of halogens is 1. The maximum absolute atomic E-state index is 11.8. The highest BCUT2D eigenvalue weighted by Gasteiger charge is 2.12. The van der Waals surface area contributed by atoms with Gasteiger partial charge in [0.05, 0.1) is 4.88 Å². The standard InChI is InChI=1S/C15H12BrNO4S/c16-11-5-3-10(4-6-11)15(20)17-8-14(19)21-9-12(18)13-2-1-7-22-13/h1-7H,8-9H2,(H,17,20). The van der Waals surface area contributed by atoms with E-state index in [4.69, 9.17) is 4.74 Å². The van der Waals surface area contributed by atoms with E-state index in [-0.39, 0.29) is 24.8 Å². The lowest BCUT2D eigenvalue weighted by Gasteiger charge is -2.06. The molecule has 1 aromatic carbocycles.